The zero-order chi connectivity index (χ0) is 17.2. The number of aromatic nitrogens is 2. The molecule has 0 saturated carbocycles. The number of aryl methyl sites for hydroxylation is 1. The average Bonchev–Trinajstić information content (AvgIpc) is 3.07. The van der Waals surface area contributed by atoms with Crippen molar-refractivity contribution in [1.29, 1.82) is 0 Å². The molecule has 3 aromatic rings. The lowest BCUT2D eigenvalue weighted by molar-refractivity contribution is -0.120. The van der Waals surface area contributed by atoms with E-state index in [-0.39, 0.29) is 11.8 Å². The fourth-order valence-electron chi connectivity index (χ4n) is 2.99. The minimum atomic E-state index is -0.0228. The Morgan fingerprint density at radius 2 is 2.08 bits per heavy atom. The maximum absolute atomic E-state index is 12.6. The van der Waals surface area contributed by atoms with Gasteiger partial charge in [0.15, 0.2) is 0 Å². The van der Waals surface area contributed by atoms with Crippen LogP contribution >= 0.6 is 22.9 Å². The monoisotopic (exact) mass is 369 g/mol. The zero-order valence-electron chi connectivity index (χ0n) is 13.4. The molecule has 1 aliphatic carbocycles. The predicted molar refractivity (Wildman–Crippen MR) is 101 cm³/mol. The van der Waals surface area contributed by atoms with Gasteiger partial charge in [0.2, 0.25) is 5.91 Å². The zero-order valence-corrected chi connectivity index (χ0v) is 15.0. The van der Waals surface area contributed by atoms with Crippen LogP contribution in [0.1, 0.15) is 17.0 Å². The van der Waals surface area contributed by atoms with Crippen molar-refractivity contribution < 1.29 is 4.79 Å². The van der Waals surface area contributed by atoms with Crippen molar-refractivity contribution in [1.82, 2.24) is 9.97 Å². The van der Waals surface area contributed by atoms with E-state index in [2.05, 4.69) is 10.3 Å². The Morgan fingerprint density at radius 3 is 2.84 bits per heavy atom. The Morgan fingerprint density at radius 1 is 1.24 bits per heavy atom. The molecule has 25 heavy (non-hydrogen) atoms. The summed E-state index contributed by atoms with van der Waals surface area (Å²) in [5.41, 5.74) is 2.93. The lowest BCUT2D eigenvalue weighted by Crippen LogP contribution is -2.27. The van der Waals surface area contributed by atoms with Crippen LogP contribution < -0.4 is 5.32 Å². The number of rotatable bonds is 3. The van der Waals surface area contributed by atoms with E-state index in [9.17, 15) is 4.79 Å². The number of thiazole rings is 1. The highest BCUT2D eigenvalue weighted by Crippen LogP contribution is 2.34. The first kappa shape index (κ1) is 16.2. The van der Waals surface area contributed by atoms with E-state index in [0.29, 0.717) is 5.02 Å². The molecule has 1 aliphatic rings. The molecule has 0 saturated heterocycles. The molecule has 2 aromatic heterocycles. The highest BCUT2D eigenvalue weighted by Gasteiger charge is 2.27. The van der Waals surface area contributed by atoms with Gasteiger partial charge in [-0.25, -0.2) is 4.98 Å². The third kappa shape index (κ3) is 3.57. The second-order valence-corrected chi connectivity index (χ2v) is 7.59. The number of benzene rings is 1. The van der Waals surface area contributed by atoms with E-state index in [1.807, 2.05) is 30.5 Å². The number of nitrogens with one attached hydrogen (secondary N) is 1. The van der Waals surface area contributed by atoms with Crippen molar-refractivity contribution in [3.8, 4) is 10.6 Å². The van der Waals surface area contributed by atoms with Crippen LogP contribution in [0, 0.1) is 5.92 Å². The number of hydrogen-bond acceptors (Lipinski definition) is 4. The SMILES string of the molecule is O=C(Nc1ccc(Cl)cc1)C1CCc2nc(-c3cccnc3)sc2C1. The molecule has 1 aromatic carbocycles. The quantitative estimate of drug-likeness (QED) is 0.733. The lowest BCUT2D eigenvalue weighted by Gasteiger charge is -2.20. The number of pyridine rings is 1. The molecule has 0 aliphatic heterocycles. The lowest BCUT2D eigenvalue weighted by atomic mass is 9.90. The van der Waals surface area contributed by atoms with Crippen LogP contribution in [-0.4, -0.2) is 15.9 Å². The molecule has 4 nitrogen and oxygen atoms in total. The van der Waals surface area contributed by atoms with Crippen molar-refractivity contribution in [2.24, 2.45) is 5.92 Å². The van der Waals surface area contributed by atoms with Crippen LogP contribution in [-0.2, 0) is 17.6 Å². The fourth-order valence-corrected chi connectivity index (χ4v) is 4.29. The molecule has 1 N–H and O–H groups in total. The molecule has 126 valence electrons. The molecule has 1 atom stereocenters. The summed E-state index contributed by atoms with van der Waals surface area (Å²) < 4.78 is 0. The summed E-state index contributed by atoms with van der Waals surface area (Å²) in [5.74, 6) is 0.0367. The van der Waals surface area contributed by atoms with Gasteiger partial charge in [0.1, 0.15) is 5.01 Å². The summed E-state index contributed by atoms with van der Waals surface area (Å²) in [5, 5.41) is 4.63. The minimum Gasteiger partial charge on any atom is -0.326 e. The molecule has 2 heterocycles. The van der Waals surface area contributed by atoms with E-state index in [0.717, 1.165) is 41.2 Å². The maximum atomic E-state index is 12.6. The first-order valence-electron chi connectivity index (χ1n) is 8.14. The molecular weight excluding hydrogens is 354 g/mol. The van der Waals surface area contributed by atoms with Crippen LogP contribution in [0.4, 0.5) is 5.69 Å². The second kappa shape index (κ2) is 6.94. The molecule has 0 fully saturated rings. The Kier molecular flexibility index (Phi) is 4.51. The Hall–Kier alpha value is -2.24. The number of nitrogens with zero attached hydrogens (tertiary/aromatic N) is 2. The van der Waals surface area contributed by atoms with Gasteiger partial charge in [-0.2, -0.15) is 0 Å². The fraction of sp³-hybridized carbons (Fsp3) is 0.211. The molecule has 0 radical (unpaired) electrons. The summed E-state index contributed by atoms with van der Waals surface area (Å²) in [6.07, 6.45) is 5.99. The summed E-state index contributed by atoms with van der Waals surface area (Å²) in [4.78, 5) is 22.7. The standard InChI is InChI=1S/C19H16ClN3OS/c20-14-4-6-15(7-5-14)22-18(24)12-3-8-16-17(10-12)25-19(23-16)13-2-1-9-21-11-13/h1-2,4-7,9,11-12H,3,8,10H2,(H,22,24). The number of halogens is 1. The van der Waals surface area contributed by atoms with E-state index in [1.165, 1.54) is 4.88 Å². The summed E-state index contributed by atoms with van der Waals surface area (Å²) in [6.45, 7) is 0. The van der Waals surface area contributed by atoms with E-state index >= 15 is 0 Å². The highest BCUT2D eigenvalue weighted by molar-refractivity contribution is 7.15. The number of hydrogen-bond donors (Lipinski definition) is 1. The van der Waals surface area contributed by atoms with E-state index in [1.54, 1.807) is 29.7 Å². The minimum absolute atomic E-state index is 0.0228. The van der Waals surface area contributed by atoms with E-state index < -0.39 is 0 Å². The third-order valence-electron chi connectivity index (χ3n) is 4.33. The second-order valence-electron chi connectivity index (χ2n) is 6.07. The van der Waals surface area contributed by atoms with Crippen molar-refractivity contribution in [2.45, 2.75) is 19.3 Å². The van der Waals surface area contributed by atoms with Crippen molar-refractivity contribution in [3.63, 3.8) is 0 Å². The van der Waals surface area contributed by atoms with Crippen LogP contribution in [0.15, 0.2) is 48.8 Å². The first-order chi connectivity index (χ1) is 12.2. The number of carbonyl (C=O) groups is 1. The van der Waals surface area contributed by atoms with Crippen molar-refractivity contribution >= 4 is 34.5 Å². The number of carbonyl (C=O) groups excluding carboxylic acids is 1. The Labute approximate surface area is 154 Å². The van der Waals surface area contributed by atoms with Gasteiger partial charge in [0.25, 0.3) is 0 Å². The molecular formula is C19H16ClN3OS. The van der Waals surface area contributed by atoms with Crippen molar-refractivity contribution in [3.05, 3.63) is 64.4 Å². The molecule has 6 heteroatoms. The summed E-state index contributed by atoms with van der Waals surface area (Å²) in [7, 11) is 0. The van der Waals surface area contributed by atoms with Crippen LogP contribution in [0.2, 0.25) is 5.02 Å². The first-order valence-corrected chi connectivity index (χ1v) is 9.34. The molecule has 4 rings (SSSR count). The van der Waals surface area contributed by atoms with Gasteiger partial charge in [-0.3, -0.25) is 9.78 Å². The topological polar surface area (TPSA) is 54.9 Å². The average molecular weight is 370 g/mol. The van der Waals surface area contributed by atoms with Gasteiger partial charge in [0, 0.05) is 39.5 Å². The van der Waals surface area contributed by atoms with Gasteiger partial charge < -0.3 is 5.32 Å². The van der Waals surface area contributed by atoms with Gasteiger partial charge in [-0.1, -0.05) is 11.6 Å². The van der Waals surface area contributed by atoms with Gasteiger partial charge >= 0.3 is 0 Å². The summed E-state index contributed by atoms with van der Waals surface area (Å²) >= 11 is 7.55. The predicted octanol–water partition coefficient (Wildman–Crippen LogP) is 4.60. The normalized spacial score (nSPS) is 16.3. The van der Waals surface area contributed by atoms with Crippen LogP contribution in [0.25, 0.3) is 10.6 Å². The third-order valence-corrected chi connectivity index (χ3v) is 5.75. The van der Waals surface area contributed by atoms with Gasteiger partial charge in [-0.05, 0) is 55.7 Å². The van der Waals surface area contributed by atoms with Gasteiger partial charge in [-0.15, -0.1) is 11.3 Å². The molecule has 0 bridgehead atoms. The molecule has 1 unspecified atom stereocenters. The van der Waals surface area contributed by atoms with Crippen LogP contribution in [0.3, 0.4) is 0 Å². The van der Waals surface area contributed by atoms with Crippen molar-refractivity contribution in [2.75, 3.05) is 5.32 Å². The van der Waals surface area contributed by atoms with Crippen LogP contribution in [0.5, 0.6) is 0 Å². The highest BCUT2D eigenvalue weighted by atomic mass is 35.5. The Balaban J connectivity index is 1.48. The van der Waals surface area contributed by atoms with Gasteiger partial charge in [0.05, 0.1) is 5.69 Å². The number of fused-ring (bicyclic) bond motifs is 1. The maximum Gasteiger partial charge on any atom is 0.227 e. The summed E-state index contributed by atoms with van der Waals surface area (Å²) in [6, 6.07) is 11.1. The number of anilines is 1. The molecule has 0 spiro atoms. The molecule has 1 amide bonds. The van der Waals surface area contributed by atoms with E-state index in [4.69, 9.17) is 16.6 Å². The Bertz CT molecular complexity index is 893. The smallest absolute Gasteiger partial charge is 0.227 e. The largest absolute Gasteiger partial charge is 0.326 e. The number of amides is 1.